The van der Waals surface area contributed by atoms with E-state index in [9.17, 15) is 18.0 Å². The first kappa shape index (κ1) is 22.2. The van der Waals surface area contributed by atoms with Gasteiger partial charge in [-0.05, 0) is 61.4 Å². The number of amides is 1. The van der Waals surface area contributed by atoms with Crippen LogP contribution in [-0.4, -0.2) is 49.9 Å². The molecule has 1 N–H and O–H groups in total. The predicted molar refractivity (Wildman–Crippen MR) is 119 cm³/mol. The van der Waals surface area contributed by atoms with Crippen molar-refractivity contribution in [1.29, 1.82) is 0 Å². The van der Waals surface area contributed by atoms with Gasteiger partial charge < -0.3 is 10.2 Å². The monoisotopic (exact) mass is 468 g/mol. The van der Waals surface area contributed by atoms with Crippen LogP contribution in [0, 0.1) is 18.8 Å². The number of nitrogens with zero attached hydrogens (tertiary/aromatic N) is 5. The summed E-state index contributed by atoms with van der Waals surface area (Å²) in [5.74, 6) is 1.70. The summed E-state index contributed by atoms with van der Waals surface area (Å²) < 4.78 is 38.4. The molecule has 3 aromatic heterocycles. The highest BCUT2D eigenvalue weighted by molar-refractivity contribution is 5.94. The van der Waals surface area contributed by atoms with Gasteiger partial charge in [0, 0.05) is 37.7 Å². The molecule has 0 aromatic carbocycles. The minimum absolute atomic E-state index is 0.113. The lowest BCUT2D eigenvalue weighted by molar-refractivity contribution is -0.137. The van der Waals surface area contributed by atoms with Gasteiger partial charge in [0.05, 0.1) is 5.56 Å². The van der Waals surface area contributed by atoms with Crippen molar-refractivity contribution in [3.8, 4) is 11.5 Å². The first-order valence-electron chi connectivity index (χ1n) is 11.1. The molecule has 1 aliphatic heterocycles. The maximum atomic E-state index is 13.6. The number of fused-ring (bicyclic) bond motifs is 1. The molecule has 0 radical (unpaired) electrons. The van der Waals surface area contributed by atoms with E-state index in [-0.39, 0.29) is 11.9 Å². The molecule has 0 bridgehead atoms. The third-order valence-corrected chi connectivity index (χ3v) is 6.48. The Morgan fingerprint density at radius 2 is 1.88 bits per heavy atom. The maximum absolute atomic E-state index is 13.6. The standard InChI is InChI=1S/C24H23F3N6O/c1-14-3-5-19(22-28-7-2-8-29-22)32-21(14)23(34)33-13-16-9-15(16)10-18(33)12-31-20-6-4-17(11-30-20)24(25,26)27/h2-8,11,15-16,18H,9-10,12-13H2,1H3,(H,30,31)/t15-,16+,18+/m1/s1. The number of pyridine rings is 2. The molecular formula is C24H23F3N6O. The van der Waals surface area contributed by atoms with Gasteiger partial charge in [0.15, 0.2) is 5.82 Å². The zero-order valence-corrected chi connectivity index (χ0v) is 18.5. The Kier molecular flexibility index (Phi) is 5.66. The first-order chi connectivity index (χ1) is 16.3. The number of carbonyl (C=O) groups excluding carboxylic acids is 1. The molecule has 7 nitrogen and oxygen atoms in total. The van der Waals surface area contributed by atoms with Crippen LogP contribution in [0.15, 0.2) is 48.9 Å². The Hall–Kier alpha value is -3.56. The molecule has 34 heavy (non-hydrogen) atoms. The second-order valence-corrected chi connectivity index (χ2v) is 8.85. The van der Waals surface area contributed by atoms with Gasteiger partial charge in [-0.3, -0.25) is 4.79 Å². The minimum Gasteiger partial charge on any atom is -0.368 e. The number of rotatable bonds is 5. The molecule has 1 saturated carbocycles. The van der Waals surface area contributed by atoms with Gasteiger partial charge in [0.1, 0.15) is 17.2 Å². The van der Waals surface area contributed by atoms with Gasteiger partial charge in [-0.25, -0.2) is 19.9 Å². The van der Waals surface area contributed by atoms with Crippen LogP contribution in [0.5, 0.6) is 0 Å². The Morgan fingerprint density at radius 3 is 2.59 bits per heavy atom. The van der Waals surface area contributed by atoms with Crippen molar-refractivity contribution >= 4 is 11.7 Å². The zero-order chi connectivity index (χ0) is 23.9. The van der Waals surface area contributed by atoms with Crippen LogP contribution in [-0.2, 0) is 6.18 Å². The number of likely N-dealkylation sites (tertiary alicyclic amines) is 1. The highest BCUT2D eigenvalue weighted by Gasteiger charge is 2.47. The van der Waals surface area contributed by atoms with Crippen molar-refractivity contribution in [1.82, 2.24) is 24.8 Å². The van der Waals surface area contributed by atoms with Crippen molar-refractivity contribution in [2.45, 2.75) is 32.0 Å². The van der Waals surface area contributed by atoms with Crippen LogP contribution in [0.2, 0.25) is 0 Å². The molecule has 176 valence electrons. The summed E-state index contributed by atoms with van der Waals surface area (Å²) in [6.07, 6.45) is 1.56. The SMILES string of the molecule is Cc1ccc(-c2ncccn2)nc1C(=O)N1C[C@@H]2C[C@@H]2C[C@H]1CNc1ccc(C(F)(F)F)cn1. The number of aryl methyl sites for hydroxylation is 1. The first-order valence-corrected chi connectivity index (χ1v) is 11.1. The van der Waals surface area contributed by atoms with E-state index < -0.39 is 11.7 Å². The number of halogens is 3. The fourth-order valence-corrected chi connectivity index (χ4v) is 4.47. The van der Waals surface area contributed by atoms with Crippen LogP contribution in [0.25, 0.3) is 11.5 Å². The molecule has 1 amide bonds. The largest absolute Gasteiger partial charge is 0.417 e. The molecule has 4 heterocycles. The molecule has 1 aliphatic carbocycles. The van der Waals surface area contributed by atoms with Crippen molar-refractivity contribution < 1.29 is 18.0 Å². The van der Waals surface area contributed by atoms with Crippen LogP contribution in [0.3, 0.4) is 0 Å². The summed E-state index contributed by atoms with van der Waals surface area (Å²) in [7, 11) is 0. The van der Waals surface area contributed by atoms with Crippen LogP contribution >= 0.6 is 0 Å². The minimum atomic E-state index is -4.43. The summed E-state index contributed by atoms with van der Waals surface area (Å²) in [5, 5.41) is 3.11. The third kappa shape index (κ3) is 4.57. The highest BCUT2D eigenvalue weighted by Crippen LogP contribution is 2.47. The maximum Gasteiger partial charge on any atom is 0.417 e. The average molecular weight is 468 g/mol. The van der Waals surface area contributed by atoms with E-state index in [0.29, 0.717) is 48.0 Å². The van der Waals surface area contributed by atoms with Gasteiger partial charge in [-0.2, -0.15) is 13.2 Å². The van der Waals surface area contributed by atoms with Crippen LogP contribution in [0.4, 0.5) is 19.0 Å². The lowest BCUT2D eigenvalue weighted by atomic mass is 10.0. The molecule has 5 rings (SSSR count). The normalized spacial score (nSPS) is 21.6. The number of anilines is 1. The van der Waals surface area contributed by atoms with Crippen molar-refractivity contribution in [3.05, 3.63) is 65.7 Å². The molecular weight excluding hydrogens is 445 g/mol. The summed E-state index contributed by atoms with van der Waals surface area (Å²) in [6, 6.07) is 7.55. The molecule has 1 saturated heterocycles. The molecule has 0 spiro atoms. The van der Waals surface area contributed by atoms with Gasteiger partial charge in [-0.15, -0.1) is 0 Å². The van der Waals surface area contributed by atoms with E-state index >= 15 is 0 Å². The number of hydrogen-bond donors (Lipinski definition) is 1. The fraction of sp³-hybridized carbons (Fsp3) is 0.375. The topological polar surface area (TPSA) is 83.9 Å². The van der Waals surface area contributed by atoms with Crippen LogP contribution < -0.4 is 5.32 Å². The van der Waals surface area contributed by atoms with Gasteiger partial charge >= 0.3 is 6.18 Å². The Labute approximate surface area is 194 Å². The summed E-state index contributed by atoms with van der Waals surface area (Å²) in [6.45, 7) is 2.89. The highest BCUT2D eigenvalue weighted by atomic mass is 19.4. The lowest BCUT2D eigenvalue weighted by Gasteiger charge is -2.36. The van der Waals surface area contributed by atoms with Gasteiger partial charge in [0.25, 0.3) is 5.91 Å². The van der Waals surface area contributed by atoms with Gasteiger partial charge in [0.2, 0.25) is 0 Å². The summed E-state index contributed by atoms with van der Waals surface area (Å²) in [5.41, 5.74) is 0.858. The zero-order valence-electron chi connectivity index (χ0n) is 18.5. The van der Waals surface area contributed by atoms with Gasteiger partial charge in [-0.1, -0.05) is 6.07 Å². The predicted octanol–water partition coefficient (Wildman–Crippen LogP) is 4.22. The number of aromatic nitrogens is 4. The van der Waals surface area contributed by atoms with E-state index in [1.807, 2.05) is 17.9 Å². The molecule has 10 heteroatoms. The smallest absolute Gasteiger partial charge is 0.368 e. The quantitative estimate of drug-likeness (QED) is 0.604. The molecule has 0 unspecified atom stereocenters. The van der Waals surface area contributed by atoms with Crippen molar-refractivity contribution in [2.24, 2.45) is 11.8 Å². The van der Waals surface area contributed by atoms with E-state index in [4.69, 9.17) is 0 Å². The molecule has 2 aliphatic rings. The number of carbonyl (C=O) groups is 1. The molecule has 2 fully saturated rings. The third-order valence-electron chi connectivity index (χ3n) is 6.48. The Balaban J connectivity index is 1.34. The number of alkyl halides is 3. The Bertz CT molecular complexity index is 1190. The summed E-state index contributed by atoms with van der Waals surface area (Å²) in [4.78, 5) is 32.4. The number of hydrogen-bond acceptors (Lipinski definition) is 6. The number of piperidine rings is 1. The lowest BCUT2D eigenvalue weighted by Crippen LogP contribution is -2.48. The second kappa shape index (κ2) is 8.66. The van der Waals surface area contributed by atoms with Crippen molar-refractivity contribution in [3.63, 3.8) is 0 Å². The number of nitrogens with one attached hydrogen (secondary N) is 1. The van der Waals surface area contributed by atoms with Crippen LogP contribution in [0.1, 0.15) is 34.5 Å². The average Bonchev–Trinajstić information content (AvgIpc) is 3.61. The second-order valence-electron chi connectivity index (χ2n) is 8.85. The summed E-state index contributed by atoms with van der Waals surface area (Å²) >= 11 is 0. The van der Waals surface area contributed by atoms with E-state index in [0.717, 1.165) is 30.7 Å². The fourth-order valence-electron chi connectivity index (χ4n) is 4.47. The van der Waals surface area contributed by atoms with E-state index in [1.165, 1.54) is 6.07 Å². The van der Waals surface area contributed by atoms with E-state index in [2.05, 4.69) is 25.3 Å². The Morgan fingerprint density at radius 1 is 1.09 bits per heavy atom. The molecule has 3 aromatic rings. The molecule has 3 atom stereocenters. The van der Waals surface area contributed by atoms with Crippen molar-refractivity contribution in [2.75, 3.05) is 18.4 Å². The van der Waals surface area contributed by atoms with E-state index in [1.54, 1.807) is 24.5 Å².